The predicted octanol–water partition coefficient (Wildman–Crippen LogP) is 0.505. The lowest BCUT2D eigenvalue weighted by atomic mass is 10.2. The quantitative estimate of drug-likeness (QED) is 0.773. The third kappa shape index (κ3) is 2.47. The lowest BCUT2D eigenvalue weighted by Crippen LogP contribution is -2.26. The molecule has 1 aromatic rings. The molecule has 0 aliphatic carbocycles. The number of nitrogens with one attached hydrogen (secondary N) is 1. The fraction of sp³-hybridized carbons (Fsp3) is 0.667. The largest absolute Gasteiger partial charge is 0.391 e. The molecule has 2 N–H and O–H groups in total. The van der Waals surface area contributed by atoms with Gasteiger partial charge in [-0.25, -0.2) is 0 Å². The molecule has 14 heavy (non-hydrogen) atoms. The number of hydrogen-bond acceptors (Lipinski definition) is 3. The van der Waals surface area contributed by atoms with Crippen molar-refractivity contribution < 1.29 is 5.11 Å². The fourth-order valence-electron chi connectivity index (χ4n) is 1.43. The molecule has 1 aromatic heterocycles. The van der Waals surface area contributed by atoms with Gasteiger partial charge in [0.05, 0.1) is 22.5 Å². The molecule has 0 aliphatic rings. The maximum Gasteiger partial charge on any atom is 0.0847 e. The summed E-state index contributed by atoms with van der Waals surface area (Å²) in [4.78, 5) is 0. The summed E-state index contributed by atoms with van der Waals surface area (Å²) in [6.07, 6.45) is 0.101. The van der Waals surface area contributed by atoms with E-state index in [0.29, 0.717) is 18.0 Å². The standard InChI is InChI=1S/C9H16ClN3O/c1-6-9(10)8(13(3)12-6)4-7(14)5-11-2/h7,11,14H,4-5H2,1-3H3. The van der Waals surface area contributed by atoms with Gasteiger partial charge >= 0.3 is 0 Å². The molecule has 5 heteroatoms. The molecule has 0 saturated carbocycles. The van der Waals surface area contributed by atoms with Gasteiger partial charge < -0.3 is 10.4 Å². The second-order valence-electron chi connectivity index (χ2n) is 3.39. The van der Waals surface area contributed by atoms with Crippen LogP contribution in [-0.2, 0) is 13.5 Å². The van der Waals surface area contributed by atoms with Gasteiger partial charge in [0.1, 0.15) is 0 Å². The fourth-order valence-corrected chi connectivity index (χ4v) is 1.67. The third-order valence-electron chi connectivity index (χ3n) is 2.13. The minimum Gasteiger partial charge on any atom is -0.391 e. The molecule has 1 rings (SSSR count). The predicted molar refractivity (Wildman–Crippen MR) is 56.6 cm³/mol. The van der Waals surface area contributed by atoms with Crippen LogP contribution in [-0.4, -0.2) is 34.6 Å². The first kappa shape index (κ1) is 11.5. The number of aryl methyl sites for hydroxylation is 2. The van der Waals surface area contributed by atoms with Crippen LogP contribution < -0.4 is 5.32 Å². The molecule has 0 radical (unpaired) electrons. The Balaban J connectivity index is 2.75. The van der Waals surface area contributed by atoms with E-state index in [1.54, 1.807) is 11.7 Å². The van der Waals surface area contributed by atoms with E-state index in [-0.39, 0.29) is 0 Å². The van der Waals surface area contributed by atoms with Crippen molar-refractivity contribution in [2.75, 3.05) is 13.6 Å². The molecule has 0 spiro atoms. The number of nitrogens with zero attached hydrogens (tertiary/aromatic N) is 2. The van der Waals surface area contributed by atoms with Crippen LogP contribution in [0.2, 0.25) is 5.02 Å². The average molecular weight is 218 g/mol. The van der Waals surface area contributed by atoms with Crippen molar-refractivity contribution in [3.8, 4) is 0 Å². The highest BCUT2D eigenvalue weighted by Crippen LogP contribution is 2.20. The van der Waals surface area contributed by atoms with Crippen LogP contribution in [0.1, 0.15) is 11.4 Å². The molecular weight excluding hydrogens is 202 g/mol. The molecule has 80 valence electrons. The van der Waals surface area contributed by atoms with Gasteiger partial charge in [-0.1, -0.05) is 11.6 Å². The molecule has 0 bridgehead atoms. The second kappa shape index (κ2) is 4.77. The van der Waals surface area contributed by atoms with Gasteiger partial charge in [-0.2, -0.15) is 5.10 Å². The highest BCUT2D eigenvalue weighted by atomic mass is 35.5. The number of halogens is 1. The van der Waals surface area contributed by atoms with E-state index < -0.39 is 6.10 Å². The first-order chi connectivity index (χ1) is 6.56. The van der Waals surface area contributed by atoms with E-state index in [1.807, 2.05) is 14.0 Å². The maximum absolute atomic E-state index is 9.60. The van der Waals surface area contributed by atoms with Gasteiger partial charge in [-0.15, -0.1) is 0 Å². The van der Waals surface area contributed by atoms with Crippen molar-refractivity contribution in [2.45, 2.75) is 19.4 Å². The van der Waals surface area contributed by atoms with Crippen LogP contribution in [0.3, 0.4) is 0 Å². The summed E-state index contributed by atoms with van der Waals surface area (Å²) in [6, 6.07) is 0. The Morgan fingerprint density at radius 3 is 2.71 bits per heavy atom. The Bertz CT molecular complexity index is 311. The van der Waals surface area contributed by atoms with Gasteiger partial charge in [-0.05, 0) is 14.0 Å². The number of aliphatic hydroxyl groups is 1. The Hall–Kier alpha value is -0.580. The number of aliphatic hydroxyl groups excluding tert-OH is 1. The summed E-state index contributed by atoms with van der Waals surface area (Å²) in [6.45, 7) is 2.41. The summed E-state index contributed by atoms with van der Waals surface area (Å²) in [5.74, 6) is 0. The molecule has 0 aliphatic heterocycles. The zero-order chi connectivity index (χ0) is 10.7. The van der Waals surface area contributed by atoms with Crippen LogP contribution in [0, 0.1) is 6.92 Å². The minimum absolute atomic E-state index is 0.424. The van der Waals surface area contributed by atoms with E-state index in [1.165, 1.54) is 0 Å². The van der Waals surface area contributed by atoms with Crippen molar-refractivity contribution in [1.29, 1.82) is 0 Å². The third-order valence-corrected chi connectivity index (χ3v) is 2.62. The molecule has 4 nitrogen and oxygen atoms in total. The SMILES string of the molecule is CNCC(O)Cc1c(Cl)c(C)nn1C. The zero-order valence-electron chi connectivity index (χ0n) is 8.71. The van der Waals surface area contributed by atoms with Crippen molar-refractivity contribution >= 4 is 11.6 Å². The van der Waals surface area contributed by atoms with E-state index in [2.05, 4.69) is 10.4 Å². The van der Waals surface area contributed by atoms with Crippen molar-refractivity contribution in [3.05, 3.63) is 16.4 Å². The summed E-state index contributed by atoms with van der Waals surface area (Å²) in [7, 11) is 3.64. The van der Waals surface area contributed by atoms with Gasteiger partial charge in [-0.3, -0.25) is 4.68 Å². The molecule has 0 amide bonds. The number of rotatable bonds is 4. The van der Waals surface area contributed by atoms with Gasteiger partial charge in [0, 0.05) is 20.0 Å². The molecule has 1 unspecified atom stereocenters. The number of likely N-dealkylation sites (N-methyl/N-ethyl adjacent to an activating group) is 1. The number of hydrogen-bond donors (Lipinski definition) is 2. The summed E-state index contributed by atoms with van der Waals surface area (Å²) >= 11 is 6.04. The zero-order valence-corrected chi connectivity index (χ0v) is 9.47. The first-order valence-electron chi connectivity index (χ1n) is 4.57. The Labute approximate surface area is 88.9 Å². The van der Waals surface area contributed by atoms with E-state index >= 15 is 0 Å². The highest BCUT2D eigenvalue weighted by molar-refractivity contribution is 6.31. The Morgan fingerprint density at radius 2 is 2.29 bits per heavy atom. The first-order valence-corrected chi connectivity index (χ1v) is 4.94. The van der Waals surface area contributed by atoms with Crippen LogP contribution >= 0.6 is 11.6 Å². The molecular formula is C9H16ClN3O. The highest BCUT2D eigenvalue weighted by Gasteiger charge is 2.14. The normalized spacial score (nSPS) is 13.2. The van der Waals surface area contributed by atoms with Crippen LogP contribution in [0.4, 0.5) is 0 Å². The molecule has 1 heterocycles. The van der Waals surface area contributed by atoms with Crippen LogP contribution in [0.15, 0.2) is 0 Å². The molecule has 0 aromatic carbocycles. The number of aromatic nitrogens is 2. The van der Waals surface area contributed by atoms with E-state index in [4.69, 9.17) is 11.6 Å². The van der Waals surface area contributed by atoms with Crippen LogP contribution in [0.25, 0.3) is 0 Å². The summed E-state index contributed by atoms with van der Waals surface area (Å²) in [5, 5.41) is 17.3. The molecule has 1 atom stereocenters. The minimum atomic E-state index is -0.424. The maximum atomic E-state index is 9.60. The van der Waals surface area contributed by atoms with Gasteiger partial charge in [0.2, 0.25) is 0 Å². The van der Waals surface area contributed by atoms with Crippen molar-refractivity contribution in [2.24, 2.45) is 7.05 Å². The second-order valence-corrected chi connectivity index (χ2v) is 3.76. The van der Waals surface area contributed by atoms with E-state index in [0.717, 1.165) is 11.4 Å². The van der Waals surface area contributed by atoms with Crippen molar-refractivity contribution in [3.63, 3.8) is 0 Å². The van der Waals surface area contributed by atoms with Crippen molar-refractivity contribution in [1.82, 2.24) is 15.1 Å². The monoisotopic (exact) mass is 217 g/mol. The molecule has 0 fully saturated rings. The topological polar surface area (TPSA) is 50.1 Å². The molecule has 0 saturated heterocycles. The summed E-state index contributed by atoms with van der Waals surface area (Å²) < 4.78 is 1.72. The van der Waals surface area contributed by atoms with Crippen LogP contribution in [0.5, 0.6) is 0 Å². The Kier molecular flexibility index (Phi) is 3.92. The van der Waals surface area contributed by atoms with Gasteiger partial charge in [0.15, 0.2) is 0 Å². The van der Waals surface area contributed by atoms with Gasteiger partial charge in [0.25, 0.3) is 0 Å². The average Bonchev–Trinajstić information content (AvgIpc) is 2.33. The lowest BCUT2D eigenvalue weighted by molar-refractivity contribution is 0.172. The Morgan fingerprint density at radius 1 is 1.64 bits per heavy atom. The van der Waals surface area contributed by atoms with E-state index in [9.17, 15) is 5.11 Å². The summed E-state index contributed by atoms with van der Waals surface area (Å²) in [5.41, 5.74) is 1.69. The smallest absolute Gasteiger partial charge is 0.0847 e. The lowest BCUT2D eigenvalue weighted by Gasteiger charge is -2.10.